The topological polar surface area (TPSA) is 40.1 Å². The van der Waals surface area contributed by atoms with Crippen LogP contribution in [0.3, 0.4) is 0 Å². The molecule has 1 aromatic carbocycles. The van der Waals surface area contributed by atoms with Gasteiger partial charge >= 0.3 is 0 Å². The van der Waals surface area contributed by atoms with Gasteiger partial charge in [-0.25, -0.2) is 4.99 Å². The fraction of sp³-hybridized carbons (Fsp3) is 0.500. The number of nitrogens with one attached hydrogen (secondary N) is 1. The summed E-state index contributed by atoms with van der Waals surface area (Å²) in [6.07, 6.45) is 1.04. The van der Waals surface area contributed by atoms with Crippen LogP contribution >= 0.6 is 36.2 Å². The summed E-state index contributed by atoms with van der Waals surface area (Å²) in [4.78, 5) is 11.5. The van der Waals surface area contributed by atoms with Gasteiger partial charge in [-0.15, -0.1) is 36.2 Å². The molecular weight excluding hydrogens is 439 g/mol. The van der Waals surface area contributed by atoms with Crippen molar-refractivity contribution in [3.8, 4) is 0 Å². The van der Waals surface area contributed by atoms with Crippen LogP contribution in [0.15, 0.2) is 35.3 Å². The number of nitrogens with zero attached hydrogens (tertiary/aromatic N) is 3. The van der Waals surface area contributed by atoms with Crippen LogP contribution in [0.25, 0.3) is 0 Å². The number of hydrogen-bond acceptors (Lipinski definition) is 6. The van der Waals surface area contributed by atoms with Gasteiger partial charge in [0.25, 0.3) is 0 Å². The van der Waals surface area contributed by atoms with E-state index in [1.165, 1.54) is 15.4 Å². The number of halogens is 2. The molecular formula is C22H32Cl2N4OS. The lowest BCUT2D eigenvalue weighted by molar-refractivity contribution is 0.100. The van der Waals surface area contributed by atoms with Crippen molar-refractivity contribution in [1.82, 2.24) is 9.80 Å². The van der Waals surface area contributed by atoms with Gasteiger partial charge in [0.1, 0.15) is 10.8 Å². The van der Waals surface area contributed by atoms with Gasteiger partial charge in [-0.1, -0.05) is 26.0 Å². The average molecular weight is 471 g/mol. The number of anilines is 2. The van der Waals surface area contributed by atoms with Gasteiger partial charge in [0, 0.05) is 44.3 Å². The van der Waals surface area contributed by atoms with E-state index in [4.69, 9.17) is 9.73 Å². The molecule has 1 aromatic heterocycles. The number of thiophene rings is 1. The Hall–Kier alpha value is -1.31. The van der Waals surface area contributed by atoms with E-state index < -0.39 is 0 Å². The molecule has 30 heavy (non-hydrogen) atoms. The maximum absolute atomic E-state index is 5.34. The Morgan fingerprint density at radius 1 is 1.23 bits per heavy atom. The molecule has 1 saturated heterocycles. The number of benzene rings is 1. The lowest BCUT2D eigenvalue weighted by atomic mass is 10.1. The summed E-state index contributed by atoms with van der Waals surface area (Å²) in [6.45, 7) is 8.32. The minimum atomic E-state index is 0. The molecule has 1 fully saturated rings. The van der Waals surface area contributed by atoms with Gasteiger partial charge < -0.3 is 15.0 Å². The Labute approximate surface area is 196 Å². The molecule has 5 nitrogen and oxygen atoms in total. The minimum Gasteiger partial charge on any atom is -0.385 e. The predicted molar refractivity (Wildman–Crippen MR) is 133 cm³/mol. The molecule has 2 aromatic rings. The molecule has 0 unspecified atom stereocenters. The van der Waals surface area contributed by atoms with Crippen molar-refractivity contribution in [3.63, 3.8) is 0 Å². The molecule has 0 bridgehead atoms. The first-order valence-corrected chi connectivity index (χ1v) is 10.9. The van der Waals surface area contributed by atoms with Crippen molar-refractivity contribution in [3.05, 3.63) is 40.8 Å². The highest BCUT2D eigenvalue weighted by Crippen LogP contribution is 2.41. The summed E-state index contributed by atoms with van der Waals surface area (Å²) in [5.74, 6) is 1.61. The second kappa shape index (κ2) is 10.8. The van der Waals surface area contributed by atoms with Crippen LogP contribution in [0.2, 0.25) is 0 Å². The summed E-state index contributed by atoms with van der Waals surface area (Å²) in [6, 6.07) is 11.2. The molecule has 0 saturated carbocycles. The molecule has 3 heterocycles. The van der Waals surface area contributed by atoms with E-state index in [9.17, 15) is 0 Å². The first-order chi connectivity index (χ1) is 13.6. The number of ether oxygens (including phenoxy) is 1. The Morgan fingerprint density at radius 3 is 2.73 bits per heavy atom. The third-order valence-electron chi connectivity index (χ3n) is 5.67. The largest absolute Gasteiger partial charge is 0.385 e. The van der Waals surface area contributed by atoms with Gasteiger partial charge in [0.15, 0.2) is 0 Å². The molecule has 8 heteroatoms. The van der Waals surface area contributed by atoms with E-state index in [-0.39, 0.29) is 24.8 Å². The quantitative estimate of drug-likeness (QED) is 0.639. The molecule has 1 atom stereocenters. The maximum Gasteiger partial charge on any atom is 0.139 e. The van der Waals surface area contributed by atoms with Gasteiger partial charge in [-0.2, -0.15) is 0 Å². The summed E-state index contributed by atoms with van der Waals surface area (Å²) >= 11 is 1.85. The van der Waals surface area contributed by atoms with Crippen LogP contribution in [0, 0.1) is 0 Å². The molecule has 1 N–H and O–H groups in total. The van der Waals surface area contributed by atoms with E-state index in [1.54, 1.807) is 7.11 Å². The first-order valence-electron chi connectivity index (χ1n) is 10.1. The van der Waals surface area contributed by atoms with E-state index >= 15 is 0 Å². The zero-order valence-electron chi connectivity index (χ0n) is 18.1. The van der Waals surface area contributed by atoms with E-state index in [0.717, 1.165) is 49.9 Å². The molecule has 0 amide bonds. The number of para-hydroxylation sites is 2. The van der Waals surface area contributed by atoms with Crippen LogP contribution in [0.1, 0.15) is 36.6 Å². The number of rotatable bonds is 4. The van der Waals surface area contributed by atoms with Gasteiger partial charge in [0.05, 0.1) is 16.9 Å². The van der Waals surface area contributed by atoms with Gasteiger partial charge in [0.2, 0.25) is 0 Å². The summed E-state index contributed by atoms with van der Waals surface area (Å²) in [7, 11) is 4.00. The fourth-order valence-corrected chi connectivity index (χ4v) is 4.94. The van der Waals surface area contributed by atoms with Crippen LogP contribution in [-0.4, -0.2) is 62.1 Å². The first kappa shape index (κ1) is 25.0. The highest BCUT2D eigenvalue weighted by molar-refractivity contribution is 7.16. The van der Waals surface area contributed by atoms with Crippen molar-refractivity contribution < 1.29 is 4.74 Å². The van der Waals surface area contributed by atoms with E-state index in [0.29, 0.717) is 12.0 Å². The van der Waals surface area contributed by atoms with E-state index in [1.807, 2.05) is 11.3 Å². The smallest absolute Gasteiger partial charge is 0.139 e. The summed E-state index contributed by atoms with van der Waals surface area (Å²) in [5, 5.41) is 4.86. The molecule has 0 radical (unpaired) electrons. The highest BCUT2D eigenvalue weighted by atomic mass is 35.5. The lowest BCUT2D eigenvalue weighted by Gasteiger charge is -2.40. The molecule has 166 valence electrons. The van der Waals surface area contributed by atoms with Crippen molar-refractivity contribution in [2.45, 2.75) is 32.2 Å². The number of hydrogen-bond donors (Lipinski definition) is 1. The number of likely N-dealkylation sites (N-methyl/N-ethyl adjacent to an activating group) is 1. The highest BCUT2D eigenvalue weighted by Gasteiger charge is 2.30. The number of methoxy groups -OCH3 is 1. The van der Waals surface area contributed by atoms with Crippen LogP contribution in [0.5, 0.6) is 0 Å². The minimum absolute atomic E-state index is 0. The molecule has 2 aliphatic heterocycles. The lowest BCUT2D eigenvalue weighted by Crippen LogP contribution is -2.53. The summed E-state index contributed by atoms with van der Waals surface area (Å²) < 4.78 is 5.34. The van der Waals surface area contributed by atoms with Crippen molar-refractivity contribution in [1.29, 1.82) is 0 Å². The Bertz CT molecular complexity index is 871. The zero-order valence-corrected chi connectivity index (χ0v) is 20.5. The number of amidine groups is 1. The second-order valence-corrected chi connectivity index (χ2v) is 9.07. The van der Waals surface area contributed by atoms with Crippen molar-refractivity contribution in [2.75, 3.05) is 45.7 Å². The van der Waals surface area contributed by atoms with Crippen molar-refractivity contribution >= 4 is 58.4 Å². The fourth-order valence-electron chi connectivity index (χ4n) is 3.87. The number of aliphatic imine (C=N–C) groups is 1. The average Bonchev–Trinajstić information content (AvgIpc) is 3.04. The Kier molecular flexibility index (Phi) is 9.00. The number of fused-ring (bicyclic) bond motifs is 2. The Morgan fingerprint density at radius 2 is 2.00 bits per heavy atom. The van der Waals surface area contributed by atoms with Gasteiger partial charge in [-0.3, -0.25) is 4.90 Å². The SMILES string of the molecule is COCC[C@H]1CN(C2=Nc3ccccc3Nc3sc(C(C)C)cc32)CCN1C.Cl.Cl. The summed E-state index contributed by atoms with van der Waals surface area (Å²) in [5.41, 5.74) is 3.33. The maximum atomic E-state index is 5.34. The standard InChI is InChI=1S/C22H30N4OS.2ClH/c1-15(2)20-13-17-21(26-11-10-25(3)16(14-26)9-12-27-4)23-18-7-5-6-8-19(18)24-22(17)28-20;;/h5-8,13,15-16,24H,9-12,14H2,1-4H3;2*1H/t16-;;/m0../s1. The van der Waals surface area contributed by atoms with Crippen LogP contribution in [0.4, 0.5) is 16.4 Å². The molecule has 4 rings (SSSR count). The monoisotopic (exact) mass is 470 g/mol. The van der Waals surface area contributed by atoms with Gasteiger partial charge in [-0.05, 0) is 37.6 Å². The normalized spacial score (nSPS) is 18.4. The molecule has 2 aliphatic rings. The van der Waals surface area contributed by atoms with Crippen molar-refractivity contribution in [2.24, 2.45) is 4.99 Å². The second-order valence-electron chi connectivity index (χ2n) is 7.99. The number of piperazine rings is 1. The van der Waals surface area contributed by atoms with Crippen LogP contribution < -0.4 is 5.32 Å². The molecule has 0 spiro atoms. The third kappa shape index (κ3) is 5.11. The molecule has 0 aliphatic carbocycles. The zero-order chi connectivity index (χ0) is 19.7. The van der Waals surface area contributed by atoms with E-state index in [2.05, 4.69) is 66.3 Å². The third-order valence-corrected chi connectivity index (χ3v) is 7.02. The van der Waals surface area contributed by atoms with Crippen LogP contribution in [-0.2, 0) is 4.74 Å². The Balaban J connectivity index is 0.00000160. The predicted octanol–water partition coefficient (Wildman–Crippen LogP) is 5.50.